The maximum Gasteiger partial charge on any atom is 0.242 e. The molecule has 0 spiro atoms. The molecule has 2 aromatic carbocycles. The number of hydrogen-bond acceptors (Lipinski definition) is 3. The van der Waals surface area contributed by atoms with Crippen molar-refractivity contribution in [3.63, 3.8) is 0 Å². The van der Waals surface area contributed by atoms with Crippen molar-refractivity contribution in [2.45, 2.75) is 51.6 Å². The molecule has 0 saturated carbocycles. The predicted molar refractivity (Wildman–Crippen MR) is 127 cm³/mol. The van der Waals surface area contributed by atoms with Gasteiger partial charge in [0.15, 0.2) is 0 Å². The van der Waals surface area contributed by atoms with Crippen LogP contribution >= 0.6 is 35.0 Å². The van der Waals surface area contributed by atoms with Crippen LogP contribution in [-0.4, -0.2) is 34.6 Å². The van der Waals surface area contributed by atoms with Crippen molar-refractivity contribution < 1.29 is 14.0 Å². The molecule has 0 aromatic heterocycles. The molecule has 0 fully saturated rings. The zero-order chi connectivity index (χ0) is 23.0. The van der Waals surface area contributed by atoms with E-state index >= 15 is 0 Å². The first-order valence-electron chi connectivity index (χ1n) is 10.1. The van der Waals surface area contributed by atoms with E-state index in [1.807, 2.05) is 13.8 Å². The summed E-state index contributed by atoms with van der Waals surface area (Å²) in [5, 5.41) is 3.88. The van der Waals surface area contributed by atoms with Crippen LogP contribution in [0.5, 0.6) is 0 Å². The molecule has 0 aliphatic heterocycles. The van der Waals surface area contributed by atoms with Gasteiger partial charge in [-0.3, -0.25) is 9.59 Å². The quantitative estimate of drug-likeness (QED) is 0.470. The zero-order valence-corrected chi connectivity index (χ0v) is 20.2. The Balaban J connectivity index is 2.11. The summed E-state index contributed by atoms with van der Waals surface area (Å²) >= 11 is 13.7. The van der Waals surface area contributed by atoms with E-state index in [0.717, 1.165) is 12.0 Å². The van der Waals surface area contributed by atoms with Gasteiger partial charge in [-0.1, -0.05) is 48.3 Å². The molecular formula is C23H27Cl2FN2O2S. The van der Waals surface area contributed by atoms with Crippen LogP contribution < -0.4 is 5.32 Å². The maximum absolute atomic E-state index is 13.1. The van der Waals surface area contributed by atoms with Crippen LogP contribution in [-0.2, 0) is 21.9 Å². The number of benzene rings is 2. The van der Waals surface area contributed by atoms with Crippen LogP contribution in [0.4, 0.5) is 4.39 Å². The zero-order valence-electron chi connectivity index (χ0n) is 17.8. The molecule has 31 heavy (non-hydrogen) atoms. The van der Waals surface area contributed by atoms with Crippen LogP contribution in [0, 0.1) is 5.82 Å². The molecule has 0 unspecified atom stereocenters. The average Bonchev–Trinajstić information content (AvgIpc) is 2.73. The van der Waals surface area contributed by atoms with E-state index in [0.29, 0.717) is 21.4 Å². The molecule has 0 aliphatic rings. The smallest absolute Gasteiger partial charge is 0.242 e. The summed E-state index contributed by atoms with van der Waals surface area (Å²) in [6.45, 7) is 5.81. The third-order valence-electron chi connectivity index (χ3n) is 4.93. The van der Waals surface area contributed by atoms with Crippen LogP contribution in [0.15, 0.2) is 42.5 Å². The van der Waals surface area contributed by atoms with Gasteiger partial charge in [0.05, 0.1) is 5.75 Å². The molecule has 168 valence electrons. The number of hydrogen-bond donors (Lipinski definition) is 1. The van der Waals surface area contributed by atoms with Gasteiger partial charge < -0.3 is 10.2 Å². The number of amides is 2. The molecule has 2 amide bonds. The first-order chi connectivity index (χ1) is 14.7. The highest BCUT2D eigenvalue weighted by molar-refractivity contribution is 7.99. The Morgan fingerprint density at radius 2 is 1.81 bits per heavy atom. The van der Waals surface area contributed by atoms with Gasteiger partial charge in [-0.15, -0.1) is 11.8 Å². The molecule has 1 N–H and O–H groups in total. The average molecular weight is 485 g/mol. The van der Waals surface area contributed by atoms with Crippen LogP contribution in [0.3, 0.4) is 0 Å². The highest BCUT2D eigenvalue weighted by atomic mass is 35.5. The van der Waals surface area contributed by atoms with Gasteiger partial charge in [0.25, 0.3) is 0 Å². The van der Waals surface area contributed by atoms with Gasteiger partial charge in [0.1, 0.15) is 11.9 Å². The van der Waals surface area contributed by atoms with Crippen molar-refractivity contribution in [1.29, 1.82) is 0 Å². The topological polar surface area (TPSA) is 49.4 Å². The molecule has 4 nitrogen and oxygen atoms in total. The van der Waals surface area contributed by atoms with E-state index in [4.69, 9.17) is 23.2 Å². The summed E-state index contributed by atoms with van der Waals surface area (Å²) in [5.74, 6) is 0.0664. The Hall–Kier alpha value is -1.76. The Bertz CT molecular complexity index is 896. The van der Waals surface area contributed by atoms with Gasteiger partial charge in [-0.05, 0) is 55.7 Å². The molecule has 8 heteroatoms. The molecule has 2 aromatic rings. The summed E-state index contributed by atoms with van der Waals surface area (Å²) in [6, 6.07) is 10.6. The van der Waals surface area contributed by atoms with Crippen molar-refractivity contribution >= 4 is 46.8 Å². The fraction of sp³-hybridized carbons (Fsp3) is 0.391. The standard InChI is InChI=1S/C23H27Cl2FN2O2S/c1-4-15(2)27-23(30)16(3)28(12-18-7-8-19(24)11-21(18)25)22(29)14-31-13-17-5-9-20(26)10-6-17/h5-11,15-16H,4,12-14H2,1-3H3,(H,27,30)/t15-,16-/m1/s1. The highest BCUT2D eigenvalue weighted by Crippen LogP contribution is 2.24. The van der Waals surface area contributed by atoms with Crippen LogP contribution in [0.1, 0.15) is 38.3 Å². The first kappa shape index (κ1) is 25.5. The molecule has 0 aliphatic carbocycles. The Kier molecular flexibility index (Phi) is 10.1. The molecule has 0 saturated heterocycles. The monoisotopic (exact) mass is 484 g/mol. The summed E-state index contributed by atoms with van der Waals surface area (Å²) < 4.78 is 13.1. The van der Waals surface area contributed by atoms with Gasteiger partial charge in [-0.2, -0.15) is 0 Å². The molecular weight excluding hydrogens is 458 g/mol. The van der Waals surface area contributed by atoms with Crippen LogP contribution in [0.25, 0.3) is 0 Å². The Labute approximate surface area is 197 Å². The molecule has 0 heterocycles. The first-order valence-corrected chi connectivity index (χ1v) is 12.0. The maximum atomic E-state index is 13.1. The summed E-state index contributed by atoms with van der Waals surface area (Å²) in [7, 11) is 0. The minimum Gasteiger partial charge on any atom is -0.352 e. The lowest BCUT2D eigenvalue weighted by Gasteiger charge is -2.30. The van der Waals surface area contributed by atoms with E-state index in [1.54, 1.807) is 37.3 Å². The lowest BCUT2D eigenvalue weighted by atomic mass is 10.1. The minimum atomic E-state index is -0.667. The van der Waals surface area contributed by atoms with Crippen molar-refractivity contribution in [2.24, 2.45) is 0 Å². The van der Waals surface area contributed by atoms with Gasteiger partial charge >= 0.3 is 0 Å². The minimum absolute atomic E-state index is 0.0128. The van der Waals surface area contributed by atoms with E-state index in [2.05, 4.69) is 5.32 Å². The summed E-state index contributed by atoms with van der Waals surface area (Å²) in [4.78, 5) is 27.3. The van der Waals surface area contributed by atoms with E-state index in [9.17, 15) is 14.0 Å². The number of carbonyl (C=O) groups is 2. The molecule has 2 atom stereocenters. The number of thioether (sulfide) groups is 1. The van der Waals surface area contributed by atoms with Crippen molar-refractivity contribution in [1.82, 2.24) is 10.2 Å². The predicted octanol–water partition coefficient (Wildman–Crippen LogP) is 5.70. The lowest BCUT2D eigenvalue weighted by molar-refractivity contribution is -0.138. The normalized spacial score (nSPS) is 12.8. The van der Waals surface area contributed by atoms with Crippen molar-refractivity contribution in [3.05, 3.63) is 69.5 Å². The molecule has 0 radical (unpaired) electrons. The van der Waals surface area contributed by atoms with Crippen molar-refractivity contribution in [2.75, 3.05) is 5.75 Å². The fourth-order valence-corrected chi connectivity index (χ4v) is 4.14. The lowest BCUT2D eigenvalue weighted by Crippen LogP contribution is -2.50. The van der Waals surface area contributed by atoms with Crippen LogP contribution in [0.2, 0.25) is 10.0 Å². The molecule has 0 bridgehead atoms. The second-order valence-electron chi connectivity index (χ2n) is 7.37. The number of carbonyl (C=O) groups excluding carboxylic acids is 2. The third kappa shape index (κ3) is 8.02. The highest BCUT2D eigenvalue weighted by Gasteiger charge is 2.27. The van der Waals surface area contributed by atoms with Gasteiger partial charge in [-0.25, -0.2) is 4.39 Å². The van der Waals surface area contributed by atoms with E-state index in [1.165, 1.54) is 28.8 Å². The van der Waals surface area contributed by atoms with Gasteiger partial charge in [0, 0.05) is 28.4 Å². The Morgan fingerprint density at radius 1 is 1.13 bits per heavy atom. The van der Waals surface area contributed by atoms with E-state index < -0.39 is 6.04 Å². The SMILES string of the molecule is CC[C@@H](C)NC(=O)[C@@H](C)N(Cc1ccc(Cl)cc1Cl)C(=O)CSCc1ccc(F)cc1. The number of rotatable bonds is 10. The largest absolute Gasteiger partial charge is 0.352 e. The number of nitrogens with one attached hydrogen (secondary N) is 1. The summed E-state index contributed by atoms with van der Waals surface area (Å²) in [5.41, 5.74) is 1.64. The molecule has 2 rings (SSSR count). The second-order valence-corrected chi connectivity index (χ2v) is 9.20. The van der Waals surface area contributed by atoms with E-state index in [-0.39, 0.29) is 36.0 Å². The van der Waals surface area contributed by atoms with Crippen molar-refractivity contribution in [3.8, 4) is 0 Å². The fourth-order valence-electron chi connectivity index (χ4n) is 2.80. The number of nitrogens with zero attached hydrogens (tertiary/aromatic N) is 1. The number of halogens is 3. The summed E-state index contributed by atoms with van der Waals surface area (Å²) in [6.07, 6.45) is 0.795. The van der Waals surface area contributed by atoms with Gasteiger partial charge in [0.2, 0.25) is 11.8 Å². The third-order valence-corrected chi connectivity index (χ3v) is 6.51. The second kappa shape index (κ2) is 12.3. The Morgan fingerprint density at radius 3 is 2.42 bits per heavy atom.